The Morgan fingerprint density at radius 3 is 1.98 bits per heavy atom. The highest BCUT2D eigenvalue weighted by molar-refractivity contribution is 6.09. The molecule has 0 spiro atoms. The van der Waals surface area contributed by atoms with Crippen molar-refractivity contribution >= 4 is 21.9 Å². The predicted molar refractivity (Wildman–Crippen MR) is 183 cm³/mol. The summed E-state index contributed by atoms with van der Waals surface area (Å²) in [6.45, 7) is 4.62. The molecular weight excluding hydrogens is 550 g/mol. The number of rotatable bonds is 4. The van der Waals surface area contributed by atoms with Crippen molar-refractivity contribution in [3.63, 3.8) is 0 Å². The Morgan fingerprint density at radius 1 is 0.511 bits per heavy atom. The first kappa shape index (κ1) is 25.7. The molecule has 4 heteroatoms. The fourth-order valence-corrected chi connectivity index (χ4v) is 7.10. The monoisotopic (exact) mass is 579 g/mol. The highest BCUT2D eigenvalue weighted by Gasteiger charge is 2.35. The number of para-hydroxylation sites is 3. The molecule has 4 nitrogen and oxygen atoms in total. The molecule has 0 atom stereocenters. The van der Waals surface area contributed by atoms with E-state index < -0.39 is 0 Å². The quantitative estimate of drug-likeness (QED) is 0.208. The van der Waals surface area contributed by atoms with Crippen LogP contribution in [0.5, 0.6) is 0 Å². The van der Waals surface area contributed by atoms with Gasteiger partial charge in [0.15, 0.2) is 11.6 Å². The molecule has 0 unspecified atom stereocenters. The van der Waals surface area contributed by atoms with Gasteiger partial charge in [0.05, 0.1) is 0 Å². The lowest BCUT2D eigenvalue weighted by molar-refractivity contribution is 0.660. The average molecular weight is 580 g/mol. The van der Waals surface area contributed by atoms with Crippen molar-refractivity contribution in [2.45, 2.75) is 19.3 Å². The molecule has 9 rings (SSSR count). The lowest BCUT2D eigenvalue weighted by Gasteiger charge is -2.22. The molecule has 45 heavy (non-hydrogen) atoms. The third-order valence-corrected chi connectivity index (χ3v) is 9.38. The molecule has 8 aromatic rings. The third kappa shape index (κ3) is 3.85. The predicted octanol–water partition coefficient (Wildman–Crippen LogP) is 10.5. The van der Waals surface area contributed by atoms with Crippen LogP contribution < -0.4 is 0 Å². The molecule has 2 aromatic heterocycles. The number of hydrogen-bond donors (Lipinski definition) is 0. The summed E-state index contributed by atoms with van der Waals surface area (Å²) in [4.78, 5) is 0. The van der Waals surface area contributed by atoms with E-state index in [1.165, 1.54) is 22.3 Å². The first-order valence-corrected chi connectivity index (χ1v) is 15.3. The van der Waals surface area contributed by atoms with E-state index in [9.17, 15) is 0 Å². The van der Waals surface area contributed by atoms with Crippen molar-refractivity contribution in [2.24, 2.45) is 0 Å². The van der Waals surface area contributed by atoms with Crippen LogP contribution in [0.15, 0.2) is 144 Å². The van der Waals surface area contributed by atoms with Crippen molar-refractivity contribution in [2.75, 3.05) is 0 Å². The summed E-state index contributed by atoms with van der Waals surface area (Å²) in [7, 11) is 0. The second kappa shape index (κ2) is 9.63. The lowest BCUT2D eigenvalue weighted by atomic mass is 9.82. The van der Waals surface area contributed by atoms with E-state index in [1.807, 2.05) is 18.2 Å². The molecule has 2 heterocycles. The van der Waals surface area contributed by atoms with Crippen molar-refractivity contribution < 1.29 is 4.42 Å². The van der Waals surface area contributed by atoms with Gasteiger partial charge in [0, 0.05) is 38.6 Å². The molecule has 1 aliphatic rings. The Labute approximate surface area is 261 Å². The van der Waals surface area contributed by atoms with Gasteiger partial charge in [-0.05, 0) is 52.1 Å². The van der Waals surface area contributed by atoms with Crippen LogP contribution in [0.2, 0.25) is 0 Å². The largest absolute Gasteiger partial charge is 0.455 e. The summed E-state index contributed by atoms with van der Waals surface area (Å²) in [5.74, 6) is 1.62. The van der Waals surface area contributed by atoms with Gasteiger partial charge in [0.1, 0.15) is 11.2 Å². The standard InChI is InChI=1S/C41H29N3O/c1-41(2)35-17-8-6-13-31(35)32-24-23-28(25-36(32)41)40-43-42-39(44(40)29-11-4-3-5-12-29)27-21-19-26(20-22-27)30-15-10-16-34-33-14-7-9-18-37(33)45-38(30)34/h3-25H,1-2H3. The van der Waals surface area contributed by atoms with E-state index in [0.29, 0.717) is 0 Å². The Balaban J connectivity index is 1.16. The van der Waals surface area contributed by atoms with E-state index in [2.05, 4.69) is 140 Å². The van der Waals surface area contributed by atoms with Gasteiger partial charge < -0.3 is 4.42 Å². The van der Waals surface area contributed by atoms with Crippen LogP contribution in [-0.2, 0) is 5.41 Å². The maximum absolute atomic E-state index is 6.32. The molecule has 0 fully saturated rings. The van der Waals surface area contributed by atoms with Crippen LogP contribution in [0.25, 0.3) is 72.7 Å². The zero-order valence-electron chi connectivity index (χ0n) is 25.0. The second-order valence-corrected chi connectivity index (χ2v) is 12.3. The zero-order chi connectivity index (χ0) is 30.1. The summed E-state index contributed by atoms with van der Waals surface area (Å²) in [6, 6.07) is 49.0. The Kier molecular flexibility index (Phi) is 5.51. The van der Waals surface area contributed by atoms with Gasteiger partial charge in [-0.1, -0.05) is 129 Å². The molecule has 0 aliphatic heterocycles. The molecule has 0 N–H and O–H groups in total. The van der Waals surface area contributed by atoms with Crippen molar-refractivity contribution in [3.05, 3.63) is 151 Å². The van der Waals surface area contributed by atoms with Crippen LogP contribution >= 0.6 is 0 Å². The van der Waals surface area contributed by atoms with Gasteiger partial charge in [-0.25, -0.2) is 0 Å². The molecule has 6 aromatic carbocycles. The first-order valence-electron chi connectivity index (χ1n) is 15.3. The SMILES string of the molecule is CC1(C)c2ccccc2-c2ccc(-c3nnc(-c4ccc(-c5cccc6c5oc5ccccc56)cc4)n3-c3ccccc3)cc21. The maximum atomic E-state index is 6.32. The Morgan fingerprint density at radius 2 is 1.13 bits per heavy atom. The molecule has 0 saturated heterocycles. The van der Waals surface area contributed by atoms with E-state index in [1.54, 1.807) is 0 Å². The highest BCUT2D eigenvalue weighted by Crippen LogP contribution is 2.49. The number of hydrogen-bond acceptors (Lipinski definition) is 3. The summed E-state index contributed by atoms with van der Waals surface area (Å²) in [5.41, 5.74) is 12.2. The summed E-state index contributed by atoms with van der Waals surface area (Å²) < 4.78 is 8.49. The van der Waals surface area contributed by atoms with Gasteiger partial charge >= 0.3 is 0 Å². The van der Waals surface area contributed by atoms with Gasteiger partial charge in [0.2, 0.25) is 0 Å². The first-order chi connectivity index (χ1) is 22.1. The van der Waals surface area contributed by atoms with Gasteiger partial charge in [-0.3, -0.25) is 4.57 Å². The minimum absolute atomic E-state index is 0.0963. The summed E-state index contributed by atoms with van der Waals surface area (Å²) in [6.07, 6.45) is 0. The van der Waals surface area contributed by atoms with Gasteiger partial charge in [-0.15, -0.1) is 10.2 Å². The van der Waals surface area contributed by atoms with Crippen LogP contribution in [0.1, 0.15) is 25.0 Å². The van der Waals surface area contributed by atoms with Crippen molar-refractivity contribution in [3.8, 4) is 50.7 Å². The number of aromatic nitrogens is 3. The van der Waals surface area contributed by atoms with E-state index in [0.717, 1.165) is 61.5 Å². The minimum atomic E-state index is -0.0963. The van der Waals surface area contributed by atoms with Crippen LogP contribution in [0.4, 0.5) is 0 Å². The van der Waals surface area contributed by atoms with E-state index >= 15 is 0 Å². The second-order valence-electron chi connectivity index (χ2n) is 12.3. The molecule has 214 valence electrons. The summed E-state index contributed by atoms with van der Waals surface area (Å²) >= 11 is 0. The van der Waals surface area contributed by atoms with E-state index in [4.69, 9.17) is 14.6 Å². The fourth-order valence-electron chi connectivity index (χ4n) is 7.10. The third-order valence-electron chi connectivity index (χ3n) is 9.38. The number of nitrogens with zero attached hydrogens (tertiary/aromatic N) is 3. The Bertz CT molecular complexity index is 2390. The smallest absolute Gasteiger partial charge is 0.168 e. The van der Waals surface area contributed by atoms with Crippen LogP contribution in [0.3, 0.4) is 0 Å². The number of fused-ring (bicyclic) bond motifs is 6. The molecule has 0 amide bonds. The molecule has 1 aliphatic carbocycles. The fraction of sp³-hybridized carbons (Fsp3) is 0.0732. The molecule has 0 bridgehead atoms. The molecule has 0 saturated carbocycles. The normalized spacial score (nSPS) is 13.3. The van der Waals surface area contributed by atoms with Crippen LogP contribution in [0, 0.1) is 0 Å². The highest BCUT2D eigenvalue weighted by atomic mass is 16.3. The van der Waals surface area contributed by atoms with Gasteiger partial charge in [0.25, 0.3) is 0 Å². The lowest BCUT2D eigenvalue weighted by Crippen LogP contribution is -2.15. The van der Waals surface area contributed by atoms with Crippen molar-refractivity contribution in [1.29, 1.82) is 0 Å². The van der Waals surface area contributed by atoms with E-state index in [-0.39, 0.29) is 5.41 Å². The topological polar surface area (TPSA) is 43.9 Å². The van der Waals surface area contributed by atoms with Gasteiger partial charge in [-0.2, -0.15) is 0 Å². The molecular formula is C41H29N3O. The van der Waals surface area contributed by atoms with Crippen LogP contribution in [-0.4, -0.2) is 14.8 Å². The van der Waals surface area contributed by atoms with Crippen molar-refractivity contribution in [1.82, 2.24) is 14.8 Å². The zero-order valence-corrected chi connectivity index (χ0v) is 25.0. The Hall–Kier alpha value is -5.74. The minimum Gasteiger partial charge on any atom is -0.455 e. The molecule has 0 radical (unpaired) electrons. The number of furan rings is 1. The summed E-state index contributed by atoms with van der Waals surface area (Å²) in [5, 5.41) is 11.8. The number of benzene rings is 6. The average Bonchev–Trinajstić information content (AvgIpc) is 3.76. The maximum Gasteiger partial charge on any atom is 0.168 e.